The van der Waals surface area contributed by atoms with E-state index in [1.165, 1.54) is 23.5 Å². The summed E-state index contributed by atoms with van der Waals surface area (Å²) in [6.07, 6.45) is 0. The Morgan fingerprint density at radius 3 is 2.25 bits per heavy atom. The van der Waals surface area contributed by atoms with Crippen LogP contribution in [0.2, 0.25) is 0 Å². The van der Waals surface area contributed by atoms with Crippen LogP contribution in [0.3, 0.4) is 0 Å². The number of hydrogen-bond donors (Lipinski definition) is 1. The zero-order chi connectivity index (χ0) is 23.7. The number of sulfonamides is 1. The minimum Gasteiger partial charge on any atom is -0.340 e. The van der Waals surface area contributed by atoms with Crippen LogP contribution in [0, 0.1) is 0 Å². The first-order valence-corrected chi connectivity index (χ1v) is 11.6. The Balaban J connectivity index is 1.84. The Bertz CT molecular complexity index is 1210. The summed E-state index contributed by atoms with van der Waals surface area (Å²) in [6.45, 7) is 9.37. The minimum absolute atomic E-state index is 0.0175. The Hall–Kier alpha value is -3.20. The molecular weight excluding hydrogens is 428 g/mol. The number of carbonyl (C=O) groups excluding carboxylic acids is 1. The van der Waals surface area contributed by atoms with E-state index >= 15 is 0 Å². The predicted octanol–water partition coefficient (Wildman–Crippen LogP) is 3.86. The van der Waals surface area contributed by atoms with Gasteiger partial charge in [-0.15, -0.1) is 0 Å². The normalized spacial score (nSPS) is 12.4. The van der Waals surface area contributed by atoms with Gasteiger partial charge in [-0.05, 0) is 44.2 Å². The van der Waals surface area contributed by atoms with E-state index < -0.39 is 21.5 Å². The number of para-hydroxylation sites is 1. The zero-order valence-corrected chi connectivity index (χ0v) is 19.9. The molecule has 0 atom stereocenters. The Kier molecular flexibility index (Phi) is 6.15. The third-order valence-corrected chi connectivity index (χ3v) is 6.71. The molecule has 0 aliphatic carbocycles. The molecule has 32 heavy (non-hydrogen) atoms. The molecule has 0 aliphatic rings. The van der Waals surface area contributed by atoms with Crippen molar-refractivity contribution in [2.24, 2.45) is 0 Å². The molecule has 9 heteroatoms. The fraction of sp³-hybridized carbons (Fsp3) is 0.348. The molecule has 1 heterocycles. The number of anilines is 1. The third-order valence-electron chi connectivity index (χ3n) is 4.93. The van der Waals surface area contributed by atoms with Gasteiger partial charge in [0.1, 0.15) is 0 Å². The van der Waals surface area contributed by atoms with Gasteiger partial charge in [-0.1, -0.05) is 50.2 Å². The van der Waals surface area contributed by atoms with E-state index in [0.29, 0.717) is 17.4 Å². The summed E-state index contributed by atoms with van der Waals surface area (Å²) in [7, 11) is -2.37. The second kappa shape index (κ2) is 8.38. The van der Waals surface area contributed by atoms with Crippen LogP contribution in [0.15, 0.2) is 64.0 Å². The van der Waals surface area contributed by atoms with Crippen LogP contribution in [0.4, 0.5) is 5.69 Å². The fourth-order valence-corrected chi connectivity index (χ4v) is 4.17. The Morgan fingerprint density at radius 1 is 1.00 bits per heavy atom. The van der Waals surface area contributed by atoms with Crippen LogP contribution in [0.25, 0.3) is 0 Å². The molecule has 170 valence electrons. The summed E-state index contributed by atoms with van der Waals surface area (Å²) in [5.41, 5.74) is -0.520. The van der Waals surface area contributed by atoms with Crippen molar-refractivity contribution in [2.45, 2.75) is 50.5 Å². The smallest absolute Gasteiger partial charge is 0.264 e. The van der Waals surface area contributed by atoms with Crippen LogP contribution in [0.5, 0.6) is 0 Å². The second-order valence-electron chi connectivity index (χ2n) is 9.09. The monoisotopic (exact) mass is 456 g/mol. The molecule has 0 fully saturated rings. The number of rotatable bonds is 6. The number of hydrogen-bond acceptors (Lipinski definition) is 6. The van der Waals surface area contributed by atoms with Crippen LogP contribution in [-0.2, 0) is 21.0 Å². The van der Waals surface area contributed by atoms with Crippen LogP contribution >= 0.6 is 0 Å². The molecule has 0 aliphatic heterocycles. The first kappa shape index (κ1) is 23.5. The first-order valence-electron chi connectivity index (χ1n) is 10.1. The lowest BCUT2D eigenvalue weighted by Gasteiger charge is -2.23. The minimum atomic E-state index is -3.84. The molecule has 2 aromatic carbocycles. The van der Waals surface area contributed by atoms with E-state index in [1.54, 1.807) is 50.2 Å². The molecule has 8 nitrogen and oxygen atoms in total. The fourth-order valence-electron chi connectivity index (χ4n) is 2.93. The summed E-state index contributed by atoms with van der Waals surface area (Å²) in [5.74, 6) is 0.353. The van der Waals surface area contributed by atoms with Crippen molar-refractivity contribution < 1.29 is 17.7 Å². The molecule has 3 aromatic rings. The van der Waals surface area contributed by atoms with E-state index in [0.717, 1.165) is 0 Å². The van der Waals surface area contributed by atoms with Gasteiger partial charge in [0.2, 0.25) is 5.89 Å². The van der Waals surface area contributed by atoms with Gasteiger partial charge < -0.3 is 9.84 Å². The molecule has 0 saturated heterocycles. The highest BCUT2D eigenvalue weighted by molar-refractivity contribution is 7.92. The number of amides is 1. The summed E-state index contributed by atoms with van der Waals surface area (Å²) in [5, 5.41) is 6.87. The summed E-state index contributed by atoms with van der Waals surface area (Å²) in [4.78, 5) is 17.4. The lowest BCUT2D eigenvalue weighted by molar-refractivity contribution is 0.0907. The summed E-state index contributed by atoms with van der Waals surface area (Å²) in [6, 6.07) is 14.7. The number of nitrogens with one attached hydrogen (secondary N) is 1. The molecule has 0 radical (unpaired) electrons. The number of benzene rings is 2. The lowest BCUT2D eigenvalue weighted by Crippen LogP contribution is -2.42. The summed E-state index contributed by atoms with van der Waals surface area (Å²) < 4.78 is 32.7. The van der Waals surface area contributed by atoms with Crippen molar-refractivity contribution in [3.63, 3.8) is 0 Å². The number of nitrogens with zero attached hydrogens (tertiary/aromatic N) is 3. The topological polar surface area (TPSA) is 105 Å². The second-order valence-corrected chi connectivity index (χ2v) is 11.1. The molecule has 0 bridgehead atoms. The number of aromatic nitrogens is 2. The largest absolute Gasteiger partial charge is 0.340 e. The Morgan fingerprint density at radius 2 is 1.66 bits per heavy atom. The average molecular weight is 457 g/mol. The van der Waals surface area contributed by atoms with Crippen LogP contribution in [-0.4, -0.2) is 31.5 Å². The van der Waals surface area contributed by atoms with Crippen molar-refractivity contribution in [2.75, 3.05) is 11.4 Å². The van der Waals surface area contributed by atoms with Crippen LogP contribution < -0.4 is 9.62 Å². The van der Waals surface area contributed by atoms with E-state index in [1.807, 2.05) is 26.8 Å². The van der Waals surface area contributed by atoms with E-state index in [4.69, 9.17) is 4.52 Å². The van der Waals surface area contributed by atoms with Gasteiger partial charge in [0.05, 0.1) is 16.1 Å². The van der Waals surface area contributed by atoms with Gasteiger partial charge in [-0.2, -0.15) is 4.98 Å². The molecule has 0 spiro atoms. The SMILES string of the molecule is CN(c1ccccc1)S(=O)(=O)c1cccc(C(=O)NC(C)(C)c2noc(C(C)(C)C)n2)c1. The molecular formula is C23H28N4O4S. The van der Waals surface area contributed by atoms with E-state index in [2.05, 4.69) is 15.5 Å². The quantitative estimate of drug-likeness (QED) is 0.604. The molecule has 1 aromatic heterocycles. The van der Waals surface area contributed by atoms with E-state index in [-0.39, 0.29) is 15.9 Å². The van der Waals surface area contributed by atoms with Crippen molar-refractivity contribution in [3.05, 3.63) is 71.9 Å². The van der Waals surface area contributed by atoms with Gasteiger partial charge in [-0.3, -0.25) is 9.10 Å². The van der Waals surface area contributed by atoms with Crippen molar-refractivity contribution >= 4 is 21.6 Å². The highest BCUT2D eigenvalue weighted by Crippen LogP contribution is 2.25. The number of carbonyl (C=O) groups is 1. The maximum Gasteiger partial charge on any atom is 0.264 e. The molecule has 1 amide bonds. The average Bonchev–Trinajstić information content (AvgIpc) is 3.25. The van der Waals surface area contributed by atoms with Gasteiger partial charge >= 0.3 is 0 Å². The molecule has 1 N–H and O–H groups in total. The van der Waals surface area contributed by atoms with Crippen LogP contribution in [0.1, 0.15) is 56.7 Å². The highest BCUT2D eigenvalue weighted by Gasteiger charge is 2.32. The third kappa shape index (κ3) is 4.83. The van der Waals surface area contributed by atoms with Gasteiger partial charge in [0, 0.05) is 18.0 Å². The van der Waals surface area contributed by atoms with Gasteiger partial charge in [-0.25, -0.2) is 8.42 Å². The maximum atomic E-state index is 13.1. The molecule has 0 unspecified atom stereocenters. The zero-order valence-electron chi connectivity index (χ0n) is 19.1. The maximum absolute atomic E-state index is 13.1. The molecule has 0 saturated carbocycles. The first-order chi connectivity index (χ1) is 14.8. The van der Waals surface area contributed by atoms with Crippen molar-refractivity contribution in [1.82, 2.24) is 15.5 Å². The van der Waals surface area contributed by atoms with Gasteiger partial charge in [0.15, 0.2) is 5.82 Å². The van der Waals surface area contributed by atoms with Gasteiger partial charge in [0.25, 0.3) is 15.9 Å². The van der Waals surface area contributed by atoms with Crippen molar-refractivity contribution in [3.8, 4) is 0 Å². The van der Waals surface area contributed by atoms with E-state index in [9.17, 15) is 13.2 Å². The summed E-state index contributed by atoms with van der Waals surface area (Å²) >= 11 is 0. The lowest BCUT2D eigenvalue weighted by atomic mass is 9.97. The Labute approximate surface area is 188 Å². The standard InChI is InChI=1S/C23H28N4O4S/c1-22(2,3)21-24-20(26-31-21)23(4,5)25-19(28)16-11-10-14-18(15-16)32(29,30)27(6)17-12-8-7-9-13-17/h7-15H,1-6H3,(H,25,28). The predicted molar refractivity (Wildman–Crippen MR) is 122 cm³/mol. The highest BCUT2D eigenvalue weighted by atomic mass is 32.2. The van der Waals surface area contributed by atoms with Crippen molar-refractivity contribution in [1.29, 1.82) is 0 Å². The molecule has 3 rings (SSSR count).